The van der Waals surface area contributed by atoms with Crippen LogP contribution in [0.5, 0.6) is 5.75 Å². The SMILES string of the molecule is COc1ccc(C)c2cc(CCNC(=O)CCCc3cccnc3)c(=O)[nH]c12. The van der Waals surface area contributed by atoms with Crippen molar-refractivity contribution in [3.63, 3.8) is 0 Å². The standard InChI is InChI=1S/C22H25N3O3/c1-15-8-9-19(28-2)21-18(15)13-17(22(27)25-21)10-12-24-20(26)7-3-5-16-6-4-11-23-14-16/h4,6,8-9,11,13-14H,3,5,7,10,12H2,1-2H3,(H,24,26)(H,25,27). The summed E-state index contributed by atoms with van der Waals surface area (Å²) in [4.78, 5) is 31.4. The van der Waals surface area contributed by atoms with Crippen molar-refractivity contribution in [1.82, 2.24) is 15.3 Å². The van der Waals surface area contributed by atoms with Crippen LogP contribution in [0, 0.1) is 6.92 Å². The van der Waals surface area contributed by atoms with E-state index in [-0.39, 0.29) is 11.5 Å². The number of hydrogen-bond acceptors (Lipinski definition) is 4. The summed E-state index contributed by atoms with van der Waals surface area (Å²) in [7, 11) is 1.58. The minimum absolute atomic E-state index is 0.000965. The van der Waals surface area contributed by atoms with Crippen molar-refractivity contribution >= 4 is 16.8 Å². The quantitative estimate of drug-likeness (QED) is 0.630. The molecule has 0 aliphatic carbocycles. The second-order valence-electron chi connectivity index (χ2n) is 6.81. The fourth-order valence-corrected chi connectivity index (χ4v) is 3.23. The first kappa shape index (κ1) is 19.6. The van der Waals surface area contributed by atoms with Gasteiger partial charge < -0.3 is 15.0 Å². The molecule has 2 heterocycles. The molecule has 0 aliphatic rings. The molecule has 2 N–H and O–H groups in total. The number of pyridine rings is 2. The number of H-pyrrole nitrogens is 1. The van der Waals surface area contributed by atoms with Crippen LogP contribution in [0.2, 0.25) is 0 Å². The maximum absolute atomic E-state index is 12.4. The molecule has 0 spiro atoms. The molecule has 3 rings (SSSR count). The summed E-state index contributed by atoms with van der Waals surface area (Å²) in [5.41, 5.74) is 3.40. The fraction of sp³-hybridized carbons (Fsp3) is 0.318. The molecule has 0 unspecified atom stereocenters. The molecule has 0 aliphatic heterocycles. The summed E-state index contributed by atoms with van der Waals surface area (Å²) in [6.07, 6.45) is 6.10. The van der Waals surface area contributed by atoms with Gasteiger partial charge in [-0.2, -0.15) is 0 Å². The smallest absolute Gasteiger partial charge is 0.251 e. The van der Waals surface area contributed by atoms with Gasteiger partial charge in [0.15, 0.2) is 0 Å². The van der Waals surface area contributed by atoms with E-state index in [2.05, 4.69) is 15.3 Å². The first-order chi connectivity index (χ1) is 13.6. The lowest BCUT2D eigenvalue weighted by Crippen LogP contribution is -2.27. The monoisotopic (exact) mass is 379 g/mol. The summed E-state index contributed by atoms with van der Waals surface area (Å²) in [5, 5.41) is 3.85. The Morgan fingerprint density at radius 1 is 1.25 bits per heavy atom. The Labute approximate surface area is 164 Å². The third-order valence-electron chi connectivity index (χ3n) is 4.80. The van der Waals surface area contributed by atoms with E-state index in [0.717, 1.165) is 29.4 Å². The molecule has 1 amide bonds. The van der Waals surface area contributed by atoms with Crippen LogP contribution >= 0.6 is 0 Å². The molecular formula is C22H25N3O3. The van der Waals surface area contributed by atoms with Gasteiger partial charge in [0.2, 0.25) is 5.91 Å². The number of benzene rings is 1. The number of nitrogens with zero attached hydrogens (tertiary/aromatic N) is 1. The van der Waals surface area contributed by atoms with Crippen LogP contribution in [0.4, 0.5) is 0 Å². The number of nitrogens with one attached hydrogen (secondary N) is 2. The lowest BCUT2D eigenvalue weighted by molar-refractivity contribution is -0.121. The molecule has 3 aromatic rings. The van der Waals surface area contributed by atoms with Crippen LogP contribution in [0.25, 0.3) is 10.9 Å². The number of hydrogen-bond donors (Lipinski definition) is 2. The third kappa shape index (κ3) is 4.76. The van der Waals surface area contributed by atoms with E-state index < -0.39 is 0 Å². The fourth-order valence-electron chi connectivity index (χ4n) is 3.23. The number of ether oxygens (including phenoxy) is 1. The number of fused-ring (bicyclic) bond motifs is 1. The highest BCUT2D eigenvalue weighted by Gasteiger charge is 2.10. The molecule has 1 aromatic carbocycles. The Morgan fingerprint density at radius 3 is 2.86 bits per heavy atom. The average Bonchev–Trinajstić information content (AvgIpc) is 2.70. The zero-order chi connectivity index (χ0) is 19.9. The van der Waals surface area contributed by atoms with Gasteiger partial charge in [-0.25, -0.2) is 0 Å². The van der Waals surface area contributed by atoms with E-state index in [1.165, 1.54) is 0 Å². The molecule has 6 heteroatoms. The van der Waals surface area contributed by atoms with Gasteiger partial charge in [0.1, 0.15) is 5.75 Å². The van der Waals surface area contributed by atoms with Crippen LogP contribution in [-0.2, 0) is 17.6 Å². The molecule has 146 valence electrons. The van der Waals surface area contributed by atoms with E-state index in [1.807, 2.05) is 43.5 Å². The van der Waals surface area contributed by atoms with E-state index in [0.29, 0.717) is 36.2 Å². The maximum Gasteiger partial charge on any atom is 0.251 e. The minimum atomic E-state index is -0.151. The van der Waals surface area contributed by atoms with E-state index in [4.69, 9.17) is 4.74 Å². The van der Waals surface area contributed by atoms with Crippen molar-refractivity contribution in [2.24, 2.45) is 0 Å². The Kier molecular flexibility index (Phi) is 6.42. The molecule has 2 aromatic heterocycles. The highest BCUT2D eigenvalue weighted by atomic mass is 16.5. The van der Waals surface area contributed by atoms with E-state index >= 15 is 0 Å². The topological polar surface area (TPSA) is 84.1 Å². The van der Waals surface area contributed by atoms with Gasteiger partial charge in [0.25, 0.3) is 5.56 Å². The van der Waals surface area contributed by atoms with Gasteiger partial charge in [-0.1, -0.05) is 12.1 Å². The van der Waals surface area contributed by atoms with E-state index in [1.54, 1.807) is 13.3 Å². The van der Waals surface area contributed by atoms with Crippen molar-refractivity contribution < 1.29 is 9.53 Å². The molecule has 0 radical (unpaired) electrons. The summed E-state index contributed by atoms with van der Waals surface area (Å²) in [6.45, 7) is 2.43. The van der Waals surface area contributed by atoms with Crippen molar-refractivity contribution in [3.05, 3.63) is 69.8 Å². The number of rotatable bonds is 8. The Balaban J connectivity index is 1.55. The Morgan fingerprint density at radius 2 is 2.11 bits per heavy atom. The zero-order valence-electron chi connectivity index (χ0n) is 16.2. The number of aromatic amines is 1. The van der Waals surface area contributed by atoms with Crippen LogP contribution in [0.3, 0.4) is 0 Å². The number of aryl methyl sites for hydroxylation is 2. The number of carbonyl (C=O) groups is 1. The highest BCUT2D eigenvalue weighted by molar-refractivity contribution is 5.87. The predicted molar refractivity (Wildman–Crippen MR) is 110 cm³/mol. The van der Waals surface area contributed by atoms with Gasteiger partial charge >= 0.3 is 0 Å². The zero-order valence-corrected chi connectivity index (χ0v) is 16.2. The second-order valence-corrected chi connectivity index (χ2v) is 6.81. The molecule has 0 bridgehead atoms. The molecule has 0 fully saturated rings. The number of amides is 1. The Bertz CT molecular complexity index is 1010. The summed E-state index contributed by atoms with van der Waals surface area (Å²) in [5.74, 6) is 0.644. The lowest BCUT2D eigenvalue weighted by atomic mass is 10.1. The molecule has 28 heavy (non-hydrogen) atoms. The number of carbonyl (C=O) groups excluding carboxylic acids is 1. The van der Waals surface area contributed by atoms with Crippen molar-refractivity contribution in [2.75, 3.05) is 13.7 Å². The number of aromatic nitrogens is 2. The molecule has 6 nitrogen and oxygen atoms in total. The van der Waals surface area contributed by atoms with Gasteiger partial charge in [0, 0.05) is 36.3 Å². The minimum Gasteiger partial charge on any atom is -0.495 e. The van der Waals surface area contributed by atoms with Crippen molar-refractivity contribution in [1.29, 1.82) is 0 Å². The largest absolute Gasteiger partial charge is 0.495 e. The lowest BCUT2D eigenvalue weighted by Gasteiger charge is -2.10. The van der Waals surface area contributed by atoms with Crippen LogP contribution in [0.1, 0.15) is 29.5 Å². The van der Waals surface area contributed by atoms with Gasteiger partial charge in [0.05, 0.1) is 12.6 Å². The van der Waals surface area contributed by atoms with Gasteiger partial charge in [-0.15, -0.1) is 0 Å². The van der Waals surface area contributed by atoms with Gasteiger partial charge in [-0.3, -0.25) is 14.6 Å². The van der Waals surface area contributed by atoms with Crippen molar-refractivity contribution in [3.8, 4) is 5.75 Å². The van der Waals surface area contributed by atoms with E-state index in [9.17, 15) is 9.59 Å². The number of methoxy groups -OCH3 is 1. The van der Waals surface area contributed by atoms with Gasteiger partial charge in [-0.05, 0) is 55.5 Å². The summed E-state index contributed by atoms with van der Waals surface area (Å²) >= 11 is 0. The summed E-state index contributed by atoms with van der Waals surface area (Å²) in [6, 6.07) is 9.61. The predicted octanol–water partition coefficient (Wildman–Crippen LogP) is 2.92. The summed E-state index contributed by atoms with van der Waals surface area (Å²) < 4.78 is 5.33. The highest BCUT2D eigenvalue weighted by Crippen LogP contribution is 2.25. The van der Waals surface area contributed by atoms with Crippen molar-refractivity contribution in [2.45, 2.75) is 32.6 Å². The first-order valence-electron chi connectivity index (χ1n) is 9.43. The average molecular weight is 379 g/mol. The van der Waals surface area contributed by atoms with Crippen LogP contribution in [0.15, 0.2) is 47.5 Å². The molecule has 0 saturated heterocycles. The van der Waals surface area contributed by atoms with Crippen LogP contribution in [-0.4, -0.2) is 29.5 Å². The third-order valence-corrected chi connectivity index (χ3v) is 4.80. The maximum atomic E-state index is 12.4. The Hall–Kier alpha value is -3.15. The molecular weight excluding hydrogens is 354 g/mol. The molecule has 0 atom stereocenters. The van der Waals surface area contributed by atoms with Crippen LogP contribution < -0.4 is 15.6 Å². The molecule has 0 saturated carbocycles. The first-order valence-corrected chi connectivity index (χ1v) is 9.43. The second kappa shape index (κ2) is 9.17. The normalized spacial score (nSPS) is 10.8.